The predicted octanol–water partition coefficient (Wildman–Crippen LogP) is 1.04. The van der Waals surface area contributed by atoms with Crippen molar-refractivity contribution < 1.29 is 13.2 Å². The molecular formula is C16H24N4O3S. The van der Waals surface area contributed by atoms with Crippen molar-refractivity contribution in [3.63, 3.8) is 0 Å². The highest BCUT2D eigenvalue weighted by Crippen LogP contribution is 2.28. The number of aromatic nitrogens is 2. The van der Waals surface area contributed by atoms with E-state index in [2.05, 4.69) is 30.7 Å². The van der Waals surface area contributed by atoms with Gasteiger partial charge in [0.25, 0.3) is 0 Å². The first kappa shape index (κ1) is 17.3. The summed E-state index contributed by atoms with van der Waals surface area (Å²) < 4.78 is 25.1. The quantitative estimate of drug-likeness (QED) is 0.794. The summed E-state index contributed by atoms with van der Waals surface area (Å²) in [6, 6.07) is -0.579. The summed E-state index contributed by atoms with van der Waals surface area (Å²) in [4.78, 5) is 23.5. The van der Waals surface area contributed by atoms with Crippen molar-refractivity contribution in [2.45, 2.75) is 58.2 Å². The number of amides is 1. The highest BCUT2D eigenvalue weighted by Gasteiger charge is 2.40. The van der Waals surface area contributed by atoms with E-state index >= 15 is 0 Å². The fraction of sp³-hybridized carbons (Fsp3) is 0.688. The maximum Gasteiger partial charge on any atom is 0.241 e. The Morgan fingerprint density at radius 2 is 2.00 bits per heavy atom. The Morgan fingerprint density at radius 1 is 1.29 bits per heavy atom. The van der Waals surface area contributed by atoms with Crippen LogP contribution in [0.2, 0.25) is 0 Å². The van der Waals surface area contributed by atoms with E-state index in [1.54, 1.807) is 11.1 Å². The molecule has 2 aliphatic rings. The predicted molar refractivity (Wildman–Crippen MR) is 89.6 cm³/mol. The lowest BCUT2D eigenvalue weighted by atomic mass is 9.95. The molecule has 1 aromatic rings. The Hall–Kier alpha value is -1.54. The molecule has 0 saturated carbocycles. The van der Waals surface area contributed by atoms with Crippen molar-refractivity contribution in [1.29, 1.82) is 0 Å². The minimum absolute atomic E-state index is 0.131. The molecule has 1 aromatic heterocycles. The summed E-state index contributed by atoms with van der Waals surface area (Å²) in [6.45, 7) is 7.45. The van der Waals surface area contributed by atoms with Gasteiger partial charge in [0, 0.05) is 30.3 Å². The van der Waals surface area contributed by atoms with Crippen LogP contribution in [-0.4, -0.2) is 52.3 Å². The first-order chi connectivity index (χ1) is 11.1. The highest BCUT2D eigenvalue weighted by molar-refractivity contribution is 7.88. The molecule has 0 spiro atoms. The van der Waals surface area contributed by atoms with Crippen molar-refractivity contribution in [3.8, 4) is 0 Å². The molecule has 0 aromatic carbocycles. The zero-order chi connectivity index (χ0) is 17.7. The van der Waals surface area contributed by atoms with Gasteiger partial charge in [-0.15, -0.1) is 0 Å². The van der Waals surface area contributed by atoms with Crippen LogP contribution in [0.4, 0.5) is 0 Å². The van der Waals surface area contributed by atoms with E-state index in [1.165, 1.54) is 10.6 Å². The third-order valence-electron chi connectivity index (χ3n) is 4.55. The lowest BCUT2D eigenvalue weighted by Crippen LogP contribution is -2.45. The Labute approximate surface area is 143 Å². The van der Waals surface area contributed by atoms with E-state index in [0.29, 0.717) is 26.1 Å². The Balaban J connectivity index is 1.79. The molecule has 2 aliphatic heterocycles. The molecule has 8 heteroatoms. The van der Waals surface area contributed by atoms with Crippen molar-refractivity contribution in [3.05, 3.63) is 23.3 Å². The van der Waals surface area contributed by atoms with Crippen LogP contribution in [0.25, 0.3) is 0 Å². The molecule has 0 bridgehead atoms. The lowest BCUT2D eigenvalue weighted by Gasteiger charge is -2.25. The number of rotatable bonds is 2. The van der Waals surface area contributed by atoms with Gasteiger partial charge in [0.05, 0.1) is 18.5 Å². The zero-order valence-electron chi connectivity index (χ0n) is 14.6. The van der Waals surface area contributed by atoms with Gasteiger partial charge in [0.1, 0.15) is 11.9 Å². The molecule has 7 nitrogen and oxygen atoms in total. The smallest absolute Gasteiger partial charge is 0.241 e. The van der Waals surface area contributed by atoms with Crippen LogP contribution in [0.3, 0.4) is 0 Å². The molecule has 3 rings (SSSR count). The van der Waals surface area contributed by atoms with E-state index < -0.39 is 16.1 Å². The monoisotopic (exact) mass is 352 g/mol. The molecular weight excluding hydrogens is 328 g/mol. The second-order valence-corrected chi connectivity index (χ2v) is 9.58. The van der Waals surface area contributed by atoms with Crippen LogP contribution in [0.15, 0.2) is 6.20 Å². The molecule has 0 N–H and O–H groups in total. The second-order valence-electron chi connectivity index (χ2n) is 7.64. The number of carbonyl (C=O) groups is 1. The summed E-state index contributed by atoms with van der Waals surface area (Å²) >= 11 is 0. The van der Waals surface area contributed by atoms with Gasteiger partial charge >= 0.3 is 0 Å². The van der Waals surface area contributed by atoms with Gasteiger partial charge < -0.3 is 4.90 Å². The SMILES string of the molecule is CC(C)(C)c1ncc2c(n1)CN(C(=O)[C@H]1CCCN1S(C)(=O)=O)C2. The van der Waals surface area contributed by atoms with Crippen LogP contribution in [-0.2, 0) is 33.3 Å². The molecule has 0 aliphatic carbocycles. The van der Waals surface area contributed by atoms with Gasteiger partial charge in [-0.2, -0.15) is 4.31 Å². The fourth-order valence-electron chi connectivity index (χ4n) is 3.27. The number of carbonyl (C=O) groups excluding carboxylic acids is 1. The average Bonchev–Trinajstić information content (AvgIpc) is 3.10. The molecule has 1 fully saturated rings. The minimum Gasteiger partial charge on any atom is -0.331 e. The van der Waals surface area contributed by atoms with E-state index in [-0.39, 0.29) is 11.3 Å². The summed E-state index contributed by atoms with van der Waals surface area (Å²) in [5.41, 5.74) is 1.66. The number of nitrogens with zero attached hydrogens (tertiary/aromatic N) is 4. The topological polar surface area (TPSA) is 83.5 Å². The zero-order valence-corrected chi connectivity index (χ0v) is 15.4. The van der Waals surface area contributed by atoms with E-state index in [1.807, 2.05) is 0 Å². The first-order valence-electron chi connectivity index (χ1n) is 8.18. The van der Waals surface area contributed by atoms with Crippen LogP contribution in [0, 0.1) is 0 Å². The number of hydrogen-bond donors (Lipinski definition) is 0. The standard InChI is InChI=1S/C16H24N4O3S/c1-16(2,3)15-17-8-11-9-19(10-12(11)18-15)14(21)13-6-5-7-20(13)24(4,22)23/h8,13H,5-7,9-10H2,1-4H3/t13-/m1/s1. The van der Waals surface area contributed by atoms with Gasteiger partial charge in [-0.25, -0.2) is 18.4 Å². The third-order valence-corrected chi connectivity index (χ3v) is 5.84. The number of sulfonamides is 1. The van der Waals surface area contributed by atoms with E-state index in [4.69, 9.17) is 0 Å². The van der Waals surface area contributed by atoms with Crippen LogP contribution in [0.5, 0.6) is 0 Å². The summed E-state index contributed by atoms with van der Waals surface area (Å²) in [6.07, 6.45) is 4.26. The molecule has 0 unspecified atom stereocenters. The van der Waals surface area contributed by atoms with Crippen molar-refractivity contribution in [2.75, 3.05) is 12.8 Å². The van der Waals surface area contributed by atoms with Crippen LogP contribution < -0.4 is 0 Å². The van der Waals surface area contributed by atoms with Gasteiger partial charge in [-0.05, 0) is 12.8 Å². The van der Waals surface area contributed by atoms with Crippen molar-refractivity contribution in [2.24, 2.45) is 0 Å². The van der Waals surface area contributed by atoms with Crippen molar-refractivity contribution in [1.82, 2.24) is 19.2 Å². The van der Waals surface area contributed by atoms with E-state index in [0.717, 1.165) is 23.5 Å². The number of fused-ring (bicyclic) bond motifs is 1. The maximum absolute atomic E-state index is 12.8. The molecule has 1 amide bonds. The Morgan fingerprint density at radius 3 is 2.62 bits per heavy atom. The summed E-state index contributed by atoms with van der Waals surface area (Å²) in [7, 11) is -3.36. The van der Waals surface area contributed by atoms with Crippen molar-refractivity contribution >= 4 is 15.9 Å². The highest BCUT2D eigenvalue weighted by atomic mass is 32.2. The third kappa shape index (κ3) is 3.17. The molecule has 0 radical (unpaired) electrons. The first-order valence-corrected chi connectivity index (χ1v) is 10.0. The van der Waals surface area contributed by atoms with Crippen LogP contribution in [0.1, 0.15) is 50.7 Å². The average molecular weight is 352 g/mol. The lowest BCUT2D eigenvalue weighted by molar-refractivity contribution is -0.135. The summed E-state index contributed by atoms with van der Waals surface area (Å²) in [5.74, 6) is 0.627. The van der Waals surface area contributed by atoms with Gasteiger partial charge in [0.2, 0.25) is 15.9 Å². The molecule has 24 heavy (non-hydrogen) atoms. The molecule has 1 atom stereocenters. The summed E-state index contributed by atoms with van der Waals surface area (Å²) in [5, 5.41) is 0. The maximum atomic E-state index is 12.8. The fourth-order valence-corrected chi connectivity index (χ4v) is 4.38. The second kappa shape index (κ2) is 5.77. The molecule has 1 saturated heterocycles. The van der Waals surface area contributed by atoms with Gasteiger partial charge in [0.15, 0.2) is 0 Å². The Kier molecular flexibility index (Phi) is 4.16. The van der Waals surface area contributed by atoms with Crippen LogP contribution >= 0.6 is 0 Å². The van der Waals surface area contributed by atoms with Gasteiger partial charge in [-0.1, -0.05) is 20.8 Å². The largest absolute Gasteiger partial charge is 0.331 e. The number of hydrogen-bond acceptors (Lipinski definition) is 5. The molecule has 132 valence electrons. The van der Waals surface area contributed by atoms with E-state index in [9.17, 15) is 13.2 Å². The van der Waals surface area contributed by atoms with Gasteiger partial charge in [-0.3, -0.25) is 4.79 Å². The Bertz CT molecular complexity index is 770. The normalized spacial score (nSPS) is 22.0. The molecule has 3 heterocycles. The minimum atomic E-state index is -3.36.